The Kier molecular flexibility index (Phi) is 2.66. The summed E-state index contributed by atoms with van der Waals surface area (Å²) in [6.45, 7) is 1.57. The summed E-state index contributed by atoms with van der Waals surface area (Å²) in [5.41, 5.74) is 6.25. The van der Waals surface area contributed by atoms with E-state index in [-0.39, 0.29) is 11.8 Å². The van der Waals surface area contributed by atoms with Gasteiger partial charge in [0.2, 0.25) is 0 Å². The SMILES string of the molecule is O=C1NC(=O)c2c1c1c3ccccc3[nH]c1c1c2c2cccc3c2n1CNCC3. The Balaban J connectivity index is 1.88. The zero-order chi connectivity index (χ0) is 19.3. The Morgan fingerprint density at radius 3 is 2.52 bits per heavy atom. The molecule has 2 amide bonds. The maximum absolute atomic E-state index is 12.9. The normalized spacial score (nSPS) is 16.1. The Hall–Kier alpha value is -3.64. The minimum atomic E-state index is -0.316. The van der Waals surface area contributed by atoms with Crippen LogP contribution < -0.4 is 10.6 Å². The van der Waals surface area contributed by atoms with Gasteiger partial charge < -0.3 is 9.55 Å². The number of carbonyl (C=O) groups is 2. The first kappa shape index (κ1) is 15.3. The van der Waals surface area contributed by atoms with Crippen molar-refractivity contribution >= 4 is 55.4 Å². The third kappa shape index (κ3) is 1.71. The maximum atomic E-state index is 12.9. The third-order valence-corrected chi connectivity index (χ3v) is 6.38. The molecule has 0 fully saturated rings. The highest BCUT2D eigenvalue weighted by Gasteiger charge is 2.36. The predicted octanol–water partition coefficient (Wildman–Crippen LogP) is 3.42. The summed E-state index contributed by atoms with van der Waals surface area (Å²) in [4.78, 5) is 29.3. The van der Waals surface area contributed by atoms with E-state index in [1.165, 1.54) is 5.56 Å². The highest BCUT2D eigenvalue weighted by Crippen LogP contribution is 2.44. The molecule has 5 aromatic rings. The number of nitrogens with zero attached hydrogens (tertiary/aromatic N) is 1. The molecule has 0 atom stereocenters. The van der Waals surface area contributed by atoms with Crippen molar-refractivity contribution in [3.05, 3.63) is 59.2 Å². The van der Waals surface area contributed by atoms with Crippen LogP contribution in [0.25, 0.3) is 43.6 Å². The van der Waals surface area contributed by atoms with Crippen molar-refractivity contribution in [3.8, 4) is 0 Å². The van der Waals surface area contributed by atoms with Gasteiger partial charge >= 0.3 is 0 Å². The molecule has 29 heavy (non-hydrogen) atoms. The number of carbonyl (C=O) groups excluding carboxylic acids is 2. The summed E-state index contributed by atoms with van der Waals surface area (Å²) in [6, 6.07) is 14.2. The van der Waals surface area contributed by atoms with Crippen LogP contribution in [-0.2, 0) is 13.1 Å². The Morgan fingerprint density at radius 2 is 1.62 bits per heavy atom. The average molecular weight is 380 g/mol. The largest absolute Gasteiger partial charge is 0.353 e. The van der Waals surface area contributed by atoms with Crippen LogP contribution in [0.15, 0.2) is 42.5 Å². The van der Waals surface area contributed by atoms with E-state index in [2.05, 4.69) is 32.3 Å². The molecule has 3 N–H and O–H groups in total. The van der Waals surface area contributed by atoms with Crippen LogP contribution in [-0.4, -0.2) is 27.9 Å². The molecule has 140 valence electrons. The average Bonchev–Trinajstić information content (AvgIpc) is 3.28. The number of H-pyrrole nitrogens is 1. The predicted molar refractivity (Wildman–Crippen MR) is 112 cm³/mol. The smallest absolute Gasteiger partial charge is 0.259 e. The number of aromatic amines is 1. The van der Waals surface area contributed by atoms with E-state index < -0.39 is 0 Å². The van der Waals surface area contributed by atoms with Gasteiger partial charge in [-0.3, -0.25) is 20.2 Å². The summed E-state index contributed by atoms with van der Waals surface area (Å²) < 4.78 is 2.26. The van der Waals surface area contributed by atoms with Gasteiger partial charge in [-0.15, -0.1) is 0 Å². The molecule has 0 saturated heterocycles. The fourth-order valence-corrected chi connectivity index (χ4v) is 5.28. The number of fused-ring (bicyclic) bond motifs is 10. The van der Waals surface area contributed by atoms with E-state index in [9.17, 15) is 9.59 Å². The molecule has 0 radical (unpaired) electrons. The van der Waals surface area contributed by atoms with E-state index in [1.807, 2.05) is 30.3 Å². The van der Waals surface area contributed by atoms with Crippen LogP contribution in [0.3, 0.4) is 0 Å². The summed E-state index contributed by atoms with van der Waals surface area (Å²) in [7, 11) is 0. The fraction of sp³-hybridized carbons (Fsp3) is 0.130. The number of para-hydroxylation sites is 2. The maximum Gasteiger partial charge on any atom is 0.259 e. The van der Waals surface area contributed by atoms with Gasteiger partial charge in [-0.05, 0) is 18.1 Å². The van der Waals surface area contributed by atoms with Crippen LogP contribution in [0.2, 0.25) is 0 Å². The van der Waals surface area contributed by atoms with Crippen molar-refractivity contribution in [2.75, 3.05) is 6.54 Å². The lowest BCUT2D eigenvalue weighted by molar-refractivity contribution is 0.0880. The van der Waals surface area contributed by atoms with Gasteiger partial charge in [0, 0.05) is 33.6 Å². The van der Waals surface area contributed by atoms with Gasteiger partial charge in [-0.2, -0.15) is 0 Å². The quantitative estimate of drug-likeness (QED) is 0.360. The summed E-state index contributed by atoms with van der Waals surface area (Å²) in [5, 5.41) is 9.73. The number of amides is 2. The molecular formula is C23H16N4O2. The van der Waals surface area contributed by atoms with Gasteiger partial charge in [0.25, 0.3) is 11.8 Å². The molecule has 0 saturated carbocycles. The van der Waals surface area contributed by atoms with Crippen molar-refractivity contribution in [2.45, 2.75) is 13.1 Å². The molecule has 0 unspecified atom stereocenters. The van der Waals surface area contributed by atoms with Crippen molar-refractivity contribution in [1.82, 2.24) is 20.2 Å². The van der Waals surface area contributed by atoms with Gasteiger partial charge in [0.05, 0.1) is 34.3 Å². The highest BCUT2D eigenvalue weighted by molar-refractivity contribution is 6.39. The molecule has 2 aliphatic heterocycles. The van der Waals surface area contributed by atoms with Gasteiger partial charge in [-0.1, -0.05) is 36.4 Å². The highest BCUT2D eigenvalue weighted by atomic mass is 16.2. The van der Waals surface area contributed by atoms with Crippen LogP contribution in [0.1, 0.15) is 26.3 Å². The zero-order valence-electron chi connectivity index (χ0n) is 15.4. The van der Waals surface area contributed by atoms with Crippen LogP contribution in [0.4, 0.5) is 0 Å². The van der Waals surface area contributed by atoms with E-state index in [4.69, 9.17) is 0 Å². The van der Waals surface area contributed by atoms with E-state index in [1.54, 1.807) is 0 Å². The number of hydrogen-bond donors (Lipinski definition) is 3. The van der Waals surface area contributed by atoms with Crippen molar-refractivity contribution in [3.63, 3.8) is 0 Å². The standard InChI is InChI=1S/C23H16N4O2/c28-22-17-15-12-5-1-2-7-14(12)25-19(15)21-16(18(17)23(29)26-22)13-6-3-4-11-8-9-24-10-27(21)20(11)13/h1-7,24-25H,8-10H2,(H,26,28,29). The first-order valence-corrected chi connectivity index (χ1v) is 9.80. The fourth-order valence-electron chi connectivity index (χ4n) is 5.28. The molecule has 7 rings (SSSR count). The summed E-state index contributed by atoms with van der Waals surface area (Å²) in [6.07, 6.45) is 0.927. The van der Waals surface area contributed by atoms with Crippen molar-refractivity contribution in [2.24, 2.45) is 0 Å². The second kappa shape index (κ2) is 5.04. The first-order valence-electron chi connectivity index (χ1n) is 9.80. The van der Waals surface area contributed by atoms with E-state index >= 15 is 0 Å². The Bertz CT molecular complexity index is 1570. The summed E-state index contributed by atoms with van der Waals surface area (Å²) in [5.74, 6) is -0.624. The first-order chi connectivity index (χ1) is 14.2. The molecule has 2 aliphatic rings. The van der Waals surface area contributed by atoms with Crippen LogP contribution in [0.5, 0.6) is 0 Å². The van der Waals surface area contributed by atoms with E-state index in [0.717, 1.165) is 56.6 Å². The number of nitrogens with one attached hydrogen (secondary N) is 3. The molecule has 0 bridgehead atoms. The Morgan fingerprint density at radius 1 is 0.828 bits per heavy atom. The lowest BCUT2D eigenvalue weighted by Gasteiger charge is -2.08. The molecule has 0 aliphatic carbocycles. The van der Waals surface area contributed by atoms with Crippen molar-refractivity contribution in [1.29, 1.82) is 0 Å². The molecule has 0 spiro atoms. The lowest BCUT2D eigenvalue weighted by atomic mass is 9.96. The number of benzene rings is 3. The second-order valence-electron chi connectivity index (χ2n) is 7.83. The number of rotatable bonds is 0. The number of aromatic nitrogens is 2. The second-order valence-corrected chi connectivity index (χ2v) is 7.83. The lowest BCUT2D eigenvalue weighted by Crippen LogP contribution is -2.20. The minimum absolute atomic E-state index is 0.309. The van der Waals surface area contributed by atoms with Crippen LogP contribution in [0, 0.1) is 0 Å². The zero-order valence-corrected chi connectivity index (χ0v) is 15.4. The van der Waals surface area contributed by atoms with Crippen LogP contribution >= 0.6 is 0 Å². The Labute approximate surface area is 164 Å². The topological polar surface area (TPSA) is 78.9 Å². The monoisotopic (exact) mass is 380 g/mol. The minimum Gasteiger partial charge on any atom is -0.353 e. The van der Waals surface area contributed by atoms with Gasteiger partial charge in [0.15, 0.2) is 0 Å². The van der Waals surface area contributed by atoms with Gasteiger partial charge in [-0.25, -0.2) is 0 Å². The summed E-state index contributed by atoms with van der Waals surface area (Å²) >= 11 is 0. The number of imide groups is 1. The molecule has 6 nitrogen and oxygen atoms in total. The van der Waals surface area contributed by atoms with E-state index in [0.29, 0.717) is 17.8 Å². The number of hydrogen-bond acceptors (Lipinski definition) is 3. The molecule has 2 aromatic heterocycles. The molecular weight excluding hydrogens is 364 g/mol. The van der Waals surface area contributed by atoms with Crippen molar-refractivity contribution < 1.29 is 9.59 Å². The molecule has 6 heteroatoms. The molecule has 4 heterocycles. The van der Waals surface area contributed by atoms with Gasteiger partial charge in [0.1, 0.15) is 0 Å². The third-order valence-electron chi connectivity index (χ3n) is 6.38. The molecule has 3 aromatic carbocycles.